The summed E-state index contributed by atoms with van der Waals surface area (Å²) in [6.07, 6.45) is 1.48. The molecular formula is C13H20NNaO4S. The van der Waals surface area contributed by atoms with Crippen molar-refractivity contribution < 1.29 is 49.3 Å². The molecule has 0 spiro atoms. The van der Waals surface area contributed by atoms with Crippen LogP contribution in [0.4, 0.5) is 0 Å². The van der Waals surface area contributed by atoms with Crippen molar-refractivity contribution in [1.82, 2.24) is 4.31 Å². The number of sulfonamides is 1. The quantitative estimate of drug-likeness (QED) is 0.677. The van der Waals surface area contributed by atoms with Gasteiger partial charge in [0.15, 0.2) is 0 Å². The summed E-state index contributed by atoms with van der Waals surface area (Å²) in [4.78, 5) is 10.9. The third-order valence-electron chi connectivity index (χ3n) is 2.69. The topological polar surface area (TPSA) is 74.7 Å². The van der Waals surface area contributed by atoms with Crippen LogP contribution in [-0.4, -0.2) is 36.9 Å². The Morgan fingerprint density at radius 2 is 1.60 bits per heavy atom. The van der Waals surface area contributed by atoms with Crippen molar-refractivity contribution >= 4 is 16.0 Å². The van der Waals surface area contributed by atoms with Gasteiger partial charge >= 0.3 is 35.5 Å². The van der Waals surface area contributed by atoms with E-state index in [1.807, 2.05) is 13.8 Å². The second kappa shape index (κ2) is 8.79. The molecule has 0 aliphatic carbocycles. The Kier molecular flexibility index (Phi) is 8.62. The van der Waals surface area contributed by atoms with Gasteiger partial charge in [0.25, 0.3) is 0 Å². The maximum Gasteiger partial charge on any atom is 1.00 e. The first kappa shape index (κ1) is 19.6. The van der Waals surface area contributed by atoms with Crippen molar-refractivity contribution in [3.05, 3.63) is 29.8 Å². The van der Waals surface area contributed by atoms with E-state index in [1.165, 1.54) is 28.6 Å². The fraction of sp³-hybridized carbons (Fsp3) is 0.462. The summed E-state index contributed by atoms with van der Waals surface area (Å²) in [6.45, 7) is 4.78. The number of benzene rings is 1. The van der Waals surface area contributed by atoms with Gasteiger partial charge in [-0.1, -0.05) is 13.8 Å². The molecule has 0 aliphatic heterocycles. The minimum atomic E-state index is -3.53. The van der Waals surface area contributed by atoms with Gasteiger partial charge in [-0.15, -0.1) is 0 Å². The first-order valence-corrected chi connectivity index (χ1v) is 7.71. The van der Waals surface area contributed by atoms with Crippen LogP contribution < -0.4 is 29.6 Å². The number of nitrogens with zero attached hydrogens (tertiary/aromatic N) is 1. The molecule has 5 nitrogen and oxygen atoms in total. The average Bonchev–Trinajstić information content (AvgIpc) is 2.38. The Morgan fingerprint density at radius 3 is 1.95 bits per heavy atom. The van der Waals surface area contributed by atoms with E-state index in [1.54, 1.807) is 0 Å². The zero-order valence-corrected chi connectivity index (χ0v) is 15.0. The minimum absolute atomic E-state index is 0. The van der Waals surface area contributed by atoms with Crippen LogP contribution in [0.25, 0.3) is 0 Å². The number of hydrogen-bond donors (Lipinski definition) is 1. The van der Waals surface area contributed by atoms with E-state index in [9.17, 15) is 13.2 Å². The average molecular weight is 309 g/mol. The predicted octanol–water partition coefficient (Wildman–Crippen LogP) is -0.688. The molecule has 108 valence electrons. The molecule has 0 heterocycles. The van der Waals surface area contributed by atoms with Crippen molar-refractivity contribution in [3.63, 3.8) is 0 Å². The molecule has 1 aromatic rings. The molecule has 0 radical (unpaired) electrons. The van der Waals surface area contributed by atoms with Crippen LogP contribution in [0.2, 0.25) is 0 Å². The van der Waals surface area contributed by atoms with Crippen LogP contribution >= 0.6 is 0 Å². The standard InChI is InChI=1S/C13H19NO4S.Na.H/c1-3-9-14(10-4-2)19(17,18)12-7-5-11(6-8-12)13(15)16;;/h5-8H,3-4,9-10H2,1-2H3,(H,15,16);;/q;+1;-1. The minimum Gasteiger partial charge on any atom is -1.00 e. The summed E-state index contributed by atoms with van der Waals surface area (Å²) >= 11 is 0. The second-order valence-electron chi connectivity index (χ2n) is 4.23. The Morgan fingerprint density at radius 1 is 1.15 bits per heavy atom. The first-order chi connectivity index (χ1) is 8.93. The van der Waals surface area contributed by atoms with Gasteiger partial charge in [0.05, 0.1) is 10.5 Å². The summed E-state index contributed by atoms with van der Waals surface area (Å²) < 4.78 is 26.2. The molecule has 1 rings (SSSR count). The van der Waals surface area contributed by atoms with Crippen molar-refractivity contribution in [2.24, 2.45) is 0 Å². The third kappa shape index (κ3) is 4.86. The zero-order chi connectivity index (χ0) is 14.5. The zero-order valence-electron chi connectivity index (χ0n) is 13.2. The molecule has 0 saturated heterocycles. The number of carboxylic acid groups (broad SMARTS) is 1. The molecular weight excluding hydrogens is 289 g/mol. The Hall–Kier alpha value is -0.400. The van der Waals surface area contributed by atoms with Crippen LogP contribution in [0.3, 0.4) is 0 Å². The van der Waals surface area contributed by atoms with Crippen molar-refractivity contribution in [1.29, 1.82) is 0 Å². The van der Waals surface area contributed by atoms with Crippen molar-refractivity contribution in [3.8, 4) is 0 Å². The predicted molar refractivity (Wildman–Crippen MR) is 73.9 cm³/mol. The van der Waals surface area contributed by atoms with E-state index < -0.39 is 16.0 Å². The molecule has 0 unspecified atom stereocenters. The monoisotopic (exact) mass is 309 g/mol. The van der Waals surface area contributed by atoms with Gasteiger partial charge in [-0.05, 0) is 37.1 Å². The fourth-order valence-corrected chi connectivity index (χ4v) is 3.39. The molecule has 0 atom stereocenters. The van der Waals surface area contributed by atoms with Crippen LogP contribution in [0.15, 0.2) is 29.2 Å². The van der Waals surface area contributed by atoms with E-state index in [-0.39, 0.29) is 41.4 Å². The van der Waals surface area contributed by atoms with Crippen molar-refractivity contribution in [2.75, 3.05) is 13.1 Å². The molecule has 0 fully saturated rings. The van der Waals surface area contributed by atoms with E-state index in [2.05, 4.69) is 0 Å². The molecule has 0 amide bonds. The van der Waals surface area contributed by atoms with Gasteiger partial charge in [0.1, 0.15) is 0 Å². The van der Waals surface area contributed by atoms with Crippen LogP contribution in [0.5, 0.6) is 0 Å². The van der Waals surface area contributed by atoms with Crippen molar-refractivity contribution in [2.45, 2.75) is 31.6 Å². The SMILES string of the molecule is CCCN(CCC)S(=O)(=O)c1ccc(C(=O)O)cc1.[H-].[Na+]. The van der Waals surface area contributed by atoms with Gasteiger partial charge in [-0.2, -0.15) is 4.31 Å². The Balaban J connectivity index is 0. The molecule has 0 aliphatic rings. The van der Waals surface area contributed by atoms with E-state index in [4.69, 9.17) is 5.11 Å². The summed E-state index contributed by atoms with van der Waals surface area (Å²) in [5.74, 6) is -1.07. The maximum absolute atomic E-state index is 12.4. The summed E-state index contributed by atoms with van der Waals surface area (Å²) in [7, 11) is -3.53. The number of rotatable bonds is 7. The fourth-order valence-electron chi connectivity index (χ4n) is 1.77. The normalized spacial score (nSPS) is 11.2. The first-order valence-electron chi connectivity index (χ1n) is 6.27. The smallest absolute Gasteiger partial charge is 1.00 e. The van der Waals surface area contributed by atoms with Crippen LogP contribution in [-0.2, 0) is 10.0 Å². The van der Waals surface area contributed by atoms with Gasteiger partial charge in [0.2, 0.25) is 10.0 Å². The van der Waals surface area contributed by atoms with E-state index >= 15 is 0 Å². The Labute approximate surface area is 143 Å². The molecule has 0 aromatic heterocycles. The largest absolute Gasteiger partial charge is 1.00 e. The number of carbonyl (C=O) groups is 1. The van der Waals surface area contributed by atoms with Crippen LogP contribution in [0.1, 0.15) is 38.5 Å². The van der Waals surface area contributed by atoms with E-state index in [0.29, 0.717) is 13.1 Å². The molecule has 1 N–H and O–H groups in total. The molecule has 7 heteroatoms. The number of aromatic carboxylic acids is 1. The van der Waals surface area contributed by atoms with Gasteiger partial charge in [0, 0.05) is 13.1 Å². The van der Waals surface area contributed by atoms with Gasteiger partial charge in [-0.25, -0.2) is 13.2 Å². The summed E-state index contributed by atoms with van der Waals surface area (Å²) in [6, 6.07) is 5.31. The second-order valence-corrected chi connectivity index (χ2v) is 6.17. The van der Waals surface area contributed by atoms with Gasteiger partial charge < -0.3 is 6.53 Å². The molecule has 20 heavy (non-hydrogen) atoms. The van der Waals surface area contributed by atoms with Crippen LogP contribution in [0, 0.1) is 0 Å². The summed E-state index contributed by atoms with van der Waals surface area (Å²) in [5.41, 5.74) is 0.0801. The molecule has 0 saturated carbocycles. The summed E-state index contributed by atoms with van der Waals surface area (Å²) in [5, 5.41) is 8.80. The molecule has 1 aromatic carbocycles. The number of hydrogen-bond acceptors (Lipinski definition) is 3. The molecule has 0 bridgehead atoms. The maximum atomic E-state index is 12.4. The van der Waals surface area contributed by atoms with E-state index in [0.717, 1.165) is 12.8 Å². The third-order valence-corrected chi connectivity index (χ3v) is 4.60. The Bertz CT molecular complexity index is 528. The number of carboxylic acids is 1. The van der Waals surface area contributed by atoms with Gasteiger partial charge in [-0.3, -0.25) is 0 Å².